The lowest BCUT2D eigenvalue weighted by Crippen LogP contribution is -2.22. The molecule has 0 unspecified atom stereocenters. The number of aryl methyl sites for hydroxylation is 2. The van der Waals surface area contributed by atoms with E-state index in [0.29, 0.717) is 12.1 Å². The van der Waals surface area contributed by atoms with Crippen LogP contribution < -0.4 is 5.56 Å². The molecule has 4 aromatic rings. The van der Waals surface area contributed by atoms with Gasteiger partial charge in [-0.2, -0.15) is 5.10 Å². The Morgan fingerprint density at radius 3 is 2.38 bits per heavy atom. The summed E-state index contributed by atoms with van der Waals surface area (Å²) in [4.78, 5) is 24.6. The molecule has 0 radical (unpaired) electrons. The quantitative estimate of drug-likeness (QED) is 0.502. The number of carbonyl (C=O) groups is 1. The number of pyridine rings is 1. The second kappa shape index (κ2) is 7.39. The number of hydrogen-bond donors (Lipinski definition) is 0. The fraction of sp³-hybridized carbons (Fsp3) is 0.174. The third kappa shape index (κ3) is 3.33. The van der Waals surface area contributed by atoms with Gasteiger partial charge in [-0.25, -0.2) is 9.48 Å². The molecule has 29 heavy (non-hydrogen) atoms. The molecule has 0 aliphatic heterocycles. The molecule has 4 rings (SSSR count). The van der Waals surface area contributed by atoms with Crippen LogP contribution in [0.25, 0.3) is 16.7 Å². The van der Waals surface area contributed by atoms with Gasteiger partial charge in [-0.3, -0.25) is 9.36 Å². The average molecular weight is 387 g/mol. The maximum atomic E-state index is 12.9. The average Bonchev–Trinajstić information content (AvgIpc) is 3.09. The summed E-state index contributed by atoms with van der Waals surface area (Å²) in [5, 5.41) is 5.68. The fourth-order valence-electron chi connectivity index (χ4n) is 3.61. The predicted octanol–water partition coefficient (Wildman–Crippen LogP) is 3.64. The molecule has 6 heteroatoms. The van der Waals surface area contributed by atoms with Gasteiger partial charge in [-0.15, -0.1) is 0 Å². The van der Waals surface area contributed by atoms with Crippen LogP contribution in [0.1, 0.15) is 27.2 Å². The first-order valence-electron chi connectivity index (χ1n) is 9.32. The largest absolute Gasteiger partial charge is 0.465 e. The highest BCUT2D eigenvalue weighted by atomic mass is 16.5. The van der Waals surface area contributed by atoms with Crippen molar-refractivity contribution in [1.82, 2.24) is 14.3 Å². The van der Waals surface area contributed by atoms with E-state index in [1.807, 2.05) is 61.0 Å². The van der Waals surface area contributed by atoms with Gasteiger partial charge in [0.25, 0.3) is 5.56 Å². The van der Waals surface area contributed by atoms with Crippen LogP contribution in [0.15, 0.2) is 65.5 Å². The molecule has 0 bridgehead atoms. The predicted molar refractivity (Wildman–Crippen MR) is 112 cm³/mol. The summed E-state index contributed by atoms with van der Waals surface area (Å²) < 4.78 is 8.29. The summed E-state index contributed by atoms with van der Waals surface area (Å²) in [6.45, 7) is 4.26. The molecule has 2 heterocycles. The van der Waals surface area contributed by atoms with E-state index in [9.17, 15) is 9.59 Å². The summed E-state index contributed by atoms with van der Waals surface area (Å²) in [5.41, 5.74) is 4.72. The Morgan fingerprint density at radius 1 is 1.03 bits per heavy atom. The molecule has 0 N–H and O–H groups in total. The van der Waals surface area contributed by atoms with E-state index in [0.717, 1.165) is 33.5 Å². The molecule has 6 nitrogen and oxygen atoms in total. The van der Waals surface area contributed by atoms with Gasteiger partial charge in [0.1, 0.15) is 5.65 Å². The Kier molecular flexibility index (Phi) is 4.76. The lowest BCUT2D eigenvalue weighted by atomic mass is 10.1. The first kappa shape index (κ1) is 18.7. The number of aromatic nitrogens is 3. The van der Waals surface area contributed by atoms with E-state index in [1.54, 1.807) is 22.8 Å². The number of nitrogens with zero attached hydrogens (tertiary/aromatic N) is 3. The van der Waals surface area contributed by atoms with E-state index in [1.165, 1.54) is 7.11 Å². The van der Waals surface area contributed by atoms with Crippen molar-refractivity contribution in [2.24, 2.45) is 0 Å². The minimum absolute atomic E-state index is 0.0934. The number of benzene rings is 2. The molecule has 0 fully saturated rings. The number of esters is 1. The van der Waals surface area contributed by atoms with E-state index in [-0.39, 0.29) is 11.5 Å². The van der Waals surface area contributed by atoms with Gasteiger partial charge in [-0.05, 0) is 49.2 Å². The molecule has 146 valence electrons. The zero-order chi connectivity index (χ0) is 20.5. The molecule has 2 aromatic heterocycles. The first-order chi connectivity index (χ1) is 14.0. The molecule has 0 saturated heterocycles. The van der Waals surface area contributed by atoms with E-state index in [2.05, 4.69) is 0 Å². The summed E-state index contributed by atoms with van der Waals surface area (Å²) in [6.07, 6.45) is 0. The van der Waals surface area contributed by atoms with Gasteiger partial charge >= 0.3 is 5.97 Å². The van der Waals surface area contributed by atoms with E-state index >= 15 is 0 Å². The first-order valence-corrected chi connectivity index (χ1v) is 9.32. The Hall–Kier alpha value is -3.67. The van der Waals surface area contributed by atoms with Crippen molar-refractivity contribution < 1.29 is 9.53 Å². The molecule has 0 amide bonds. The Morgan fingerprint density at radius 2 is 1.72 bits per heavy atom. The summed E-state index contributed by atoms with van der Waals surface area (Å²) in [7, 11) is 1.35. The van der Waals surface area contributed by atoms with E-state index < -0.39 is 0 Å². The number of fused-ring (bicyclic) bond motifs is 1. The molecule has 0 spiro atoms. The maximum Gasteiger partial charge on any atom is 0.337 e. The van der Waals surface area contributed by atoms with Gasteiger partial charge in [-0.1, -0.05) is 30.3 Å². The van der Waals surface area contributed by atoms with Crippen molar-refractivity contribution in [1.29, 1.82) is 0 Å². The normalized spacial score (nSPS) is 11.0. The lowest BCUT2D eigenvalue weighted by Gasteiger charge is -2.13. The van der Waals surface area contributed by atoms with Gasteiger partial charge in [0.2, 0.25) is 0 Å². The van der Waals surface area contributed by atoms with Crippen LogP contribution in [0.2, 0.25) is 0 Å². The third-order valence-electron chi connectivity index (χ3n) is 5.01. The second-order valence-corrected chi connectivity index (χ2v) is 6.97. The summed E-state index contributed by atoms with van der Waals surface area (Å²) in [5.74, 6) is -0.385. The van der Waals surface area contributed by atoms with Crippen LogP contribution in [0.3, 0.4) is 0 Å². The molecule has 0 aliphatic rings. The lowest BCUT2D eigenvalue weighted by molar-refractivity contribution is 0.0600. The molecule has 0 aliphatic carbocycles. The van der Waals surface area contributed by atoms with Crippen molar-refractivity contribution >= 4 is 17.0 Å². The summed E-state index contributed by atoms with van der Waals surface area (Å²) >= 11 is 0. The van der Waals surface area contributed by atoms with Gasteiger partial charge in [0.15, 0.2) is 0 Å². The van der Waals surface area contributed by atoms with Crippen LogP contribution in [0.4, 0.5) is 0 Å². The van der Waals surface area contributed by atoms with Crippen molar-refractivity contribution in [3.05, 3.63) is 93.4 Å². The van der Waals surface area contributed by atoms with Gasteiger partial charge in [0, 0.05) is 11.5 Å². The number of hydrogen-bond acceptors (Lipinski definition) is 4. The van der Waals surface area contributed by atoms with Crippen LogP contribution >= 0.6 is 0 Å². The minimum atomic E-state index is -0.385. The van der Waals surface area contributed by atoms with E-state index in [4.69, 9.17) is 9.84 Å². The minimum Gasteiger partial charge on any atom is -0.465 e. The Labute approximate surface area is 168 Å². The monoisotopic (exact) mass is 387 g/mol. The maximum absolute atomic E-state index is 12.9. The van der Waals surface area contributed by atoms with Crippen molar-refractivity contribution in [3.63, 3.8) is 0 Å². The Bertz CT molecular complexity index is 1250. The van der Waals surface area contributed by atoms with Crippen LogP contribution in [0, 0.1) is 13.8 Å². The zero-order valence-corrected chi connectivity index (χ0v) is 16.5. The summed E-state index contributed by atoms with van der Waals surface area (Å²) in [6, 6.07) is 18.5. The van der Waals surface area contributed by atoms with Crippen molar-refractivity contribution in [2.75, 3.05) is 7.11 Å². The topological polar surface area (TPSA) is 66.1 Å². The number of rotatable bonds is 4. The molecule has 0 atom stereocenters. The molecule has 2 aromatic carbocycles. The number of para-hydroxylation sites is 1. The smallest absolute Gasteiger partial charge is 0.337 e. The SMILES string of the molecule is COC(=O)c1ccc(Cn2c(=O)cc(C)c3c(C)nn(-c4ccccc4)c32)cc1. The molecular weight excluding hydrogens is 366 g/mol. The zero-order valence-electron chi connectivity index (χ0n) is 16.5. The van der Waals surface area contributed by atoms with Crippen LogP contribution in [-0.4, -0.2) is 27.4 Å². The van der Waals surface area contributed by atoms with Gasteiger partial charge < -0.3 is 4.74 Å². The standard InChI is InChI=1S/C23H21N3O3/c1-15-13-20(27)25(14-17-9-11-18(12-10-17)23(28)29-3)22-21(15)16(2)24-26(22)19-7-5-4-6-8-19/h4-13H,14H2,1-3H3. The number of methoxy groups -OCH3 is 1. The van der Waals surface area contributed by atoms with Crippen LogP contribution in [0.5, 0.6) is 0 Å². The highest BCUT2D eigenvalue weighted by molar-refractivity contribution is 5.89. The molecule has 0 saturated carbocycles. The Balaban J connectivity index is 1.88. The number of carbonyl (C=O) groups excluding carboxylic acids is 1. The van der Waals surface area contributed by atoms with Crippen LogP contribution in [-0.2, 0) is 11.3 Å². The van der Waals surface area contributed by atoms with Crippen molar-refractivity contribution in [2.45, 2.75) is 20.4 Å². The third-order valence-corrected chi connectivity index (χ3v) is 5.01. The second-order valence-electron chi connectivity index (χ2n) is 6.97. The van der Waals surface area contributed by atoms with Gasteiger partial charge in [0.05, 0.1) is 30.6 Å². The highest BCUT2D eigenvalue weighted by Gasteiger charge is 2.17. The van der Waals surface area contributed by atoms with Crippen molar-refractivity contribution in [3.8, 4) is 5.69 Å². The molecular formula is C23H21N3O3. The highest BCUT2D eigenvalue weighted by Crippen LogP contribution is 2.24. The fourth-order valence-corrected chi connectivity index (χ4v) is 3.61. The number of ether oxygens (including phenoxy) is 1.